The minimum Gasteiger partial charge on any atom is -0.482 e. The molecule has 4 rings (SSSR count). The summed E-state index contributed by atoms with van der Waals surface area (Å²) >= 11 is 0. The van der Waals surface area contributed by atoms with Gasteiger partial charge in [0.05, 0.1) is 11.6 Å². The molecular weight excluding hydrogens is 358 g/mol. The maximum atomic E-state index is 12.7. The predicted molar refractivity (Wildman–Crippen MR) is 106 cm³/mol. The first-order valence-corrected chi connectivity index (χ1v) is 9.16. The van der Waals surface area contributed by atoms with E-state index in [9.17, 15) is 14.4 Å². The Morgan fingerprint density at radius 1 is 1.18 bits per heavy atom. The lowest BCUT2D eigenvalue weighted by Crippen LogP contribution is -2.29. The molecule has 0 bridgehead atoms. The second-order valence-corrected chi connectivity index (χ2v) is 7.23. The molecule has 2 aromatic rings. The molecule has 2 aliphatic heterocycles. The molecule has 0 unspecified atom stereocenters. The lowest BCUT2D eigenvalue weighted by Gasteiger charge is -2.20. The SMILES string of the molecule is Cc1ccc(N2C[C@H](C(=O)Nc3ccc4c(c3)OCC(=O)N4)CC2=O)c(C)c1. The largest absolute Gasteiger partial charge is 0.482 e. The van der Waals surface area contributed by atoms with E-state index in [1.165, 1.54) is 0 Å². The van der Waals surface area contributed by atoms with E-state index in [4.69, 9.17) is 4.74 Å². The van der Waals surface area contributed by atoms with Crippen LogP contribution in [-0.4, -0.2) is 30.9 Å². The van der Waals surface area contributed by atoms with Crippen LogP contribution < -0.4 is 20.3 Å². The second-order valence-electron chi connectivity index (χ2n) is 7.23. The number of anilines is 3. The molecule has 0 saturated carbocycles. The molecule has 144 valence electrons. The van der Waals surface area contributed by atoms with E-state index in [1.807, 2.05) is 32.0 Å². The fourth-order valence-corrected chi connectivity index (χ4v) is 3.62. The molecule has 0 radical (unpaired) electrons. The molecule has 7 heteroatoms. The first-order valence-electron chi connectivity index (χ1n) is 9.16. The Balaban J connectivity index is 1.46. The lowest BCUT2D eigenvalue weighted by molar-refractivity contribution is -0.122. The van der Waals surface area contributed by atoms with Crippen LogP contribution in [-0.2, 0) is 14.4 Å². The normalized spacial score (nSPS) is 18.4. The van der Waals surface area contributed by atoms with Crippen LogP contribution in [0.2, 0.25) is 0 Å². The zero-order chi connectivity index (χ0) is 19.8. The van der Waals surface area contributed by atoms with Gasteiger partial charge in [-0.1, -0.05) is 17.7 Å². The molecule has 2 aromatic carbocycles. The fraction of sp³-hybridized carbons (Fsp3) is 0.286. The number of nitrogens with zero attached hydrogens (tertiary/aromatic N) is 1. The van der Waals surface area contributed by atoms with Crippen LogP contribution in [0, 0.1) is 19.8 Å². The number of amides is 3. The van der Waals surface area contributed by atoms with Crippen LogP contribution in [0.3, 0.4) is 0 Å². The van der Waals surface area contributed by atoms with Crippen molar-refractivity contribution in [2.75, 3.05) is 28.7 Å². The van der Waals surface area contributed by atoms with Crippen molar-refractivity contribution in [3.63, 3.8) is 0 Å². The number of carbonyl (C=O) groups is 3. The predicted octanol–water partition coefficient (Wildman–Crippen LogP) is 2.63. The molecule has 2 aliphatic rings. The highest BCUT2D eigenvalue weighted by atomic mass is 16.5. The third-order valence-corrected chi connectivity index (χ3v) is 5.02. The van der Waals surface area contributed by atoms with Gasteiger partial charge < -0.3 is 20.3 Å². The van der Waals surface area contributed by atoms with Gasteiger partial charge in [-0.15, -0.1) is 0 Å². The Kier molecular flexibility index (Phi) is 4.50. The van der Waals surface area contributed by atoms with E-state index in [2.05, 4.69) is 10.6 Å². The van der Waals surface area contributed by atoms with Crippen LogP contribution in [0.15, 0.2) is 36.4 Å². The van der Waals surface area contributed by atoms with Crippen molar-refractivity contribution in [3.8, 4) is 5.75 Å². The maximum Gasteiger partial charge on any atom is 0.262 e. The molecule has 28 heavy (non-hydrogen) atoms. The summed E-state index contributed by atoms with van der Waals surface area (Å²) in [7, 11) is 0. The average molecular weight is 379 g/mol. The van der Waals surface area contributed by atoms with Crippen molar-refractivity contribution in [2.24, 2.45) is 5.92 Å². The second kappa shape index (κ2) is 6.99. The molecule has 0 aliphatic carbocycles. The van der Waals surface area contributed by atoms with Crippen LogP contribution in [0.4, 0.5) is 17.1 Å². The van der Waals surface area contributed by atoms with Crippen molar-refractivity contribution in [3.05, 3.63) is 47.5 Å². The number of hydrogen-bond donors (Lipinski definition) is 2. The summed E-state index contributed by atoms with van der Waals surface area (Å²) in [5, 5.41) is 5.56. The summed E-state index contributed by atoms with van der Waals surface area (Å²) in [6.07, 6.45) is 0.177. The zero-order valence-electron chi connectivity index (χ0n) is 15.7. The number of rotatable bonds is 3. The first kappa shape index (κ1) is 18.0. The molecule has 1 fully saturated rings. The van der Waals surface area contributed by atoms with E-state index in [-0.39, 0.29) is 30.7 Å². The molecule has 2 heterocycles. The Labute approximate surface area is 162 Å². The summed E-state index contributed by atoms with van der Waals surface area (Å²) in [6, 6.07) is 11.0. The van der Waals surface area contributed by atoms with Gasteiger partial charge in [0.15, 0.2) is 6.61 Å². The minimum atomic E-state index is -0.426. The van der Waals surface area contributed by atoms with E-state index in [1.54, 1.807) is 23.1 Å². The zero-order valence-corrected chi connectivity index (χ0v) is 15.7. The third kappa shape index (κ3) is 3.43. The third-order valence-electron chi connectivity index (χ3n) is 5.02. The van der Waals surface area contributed by atoms with Crippen molar-refractivity contribution >= 4 is 34.8 Å². The van der Waals surface area contributed by atoms with E-state index < -0.39 is 5.92 Å². The van der Waals surface area contributed by atoms with Gasteiger partial charge in [0.25, 0.3) is 5.91 Å². The van der Waals surface area contributed by atoms with Crippen LogP contribution in [0.5, 0.6) is 5.75 Å². The summed E-state index contributed by atoms with van der Waals surface area (Å²) < 4.78 is 5.37. The van der Waals surface area contributed by atoms with Gasteiger partial charge in [0, 0.05) is 30.4 Å². The highest BCUT2D eigenvalue weighted by Crippen LogP contribution is 2.32. The number of benzene rings is 2. The van der Waals surface area contributed by atoms with Crippen LogP contribution in [0.25, 0.3) is 0 Å². The van der Waals surface area contributed by atoms with Crippen molar-refractivity contribution in [1.29, 1.82) is 0 Å². The molecule has 0 spiro atoms. The lowest BCUT2D eigenvalue weighted by atomic mass is 10.1. The topological polar surface area (TPSA) is 87.7 Å². The van der Waals surface area contributed by atoms with E-state index in [0.717, 1.165) is 16.8 Å². The standard InChI is InChI=1S/C21H21N3O4/c1-12-3-6-17(13(2)7-12)24-10-14(8-20(24)26)21(27)22-15-4-5-16-18(9-15)28-11-19(25)23-16/h3-7,9,14H,8,10-11H2,1-2H3,(H,22,27)(H,23,25)/t14-/m1/s1. The number of carbonyl (C=O) groups excluding carboxylic acids is 3. The number of ether oxygens (including phenoxy) is 1. The van der Waals surface area contributed by atoms with Gasteiger partial charge in [-0.25, -0.2) is 0 Å². The highest BCUT2D eigenvalue weighted by molar-refractivity contribution is 6.04. The summed E-state index contributed by atoms with van der Waals surface area (Å²) in [4.78, 5) is 38.2. The summed E-state index contributed by atoms with van der Waals surface area (Å²) in [5.74, 6) is -0.383. The van der Waals surface area contributed by atoms with Gasteiger partial charge in [0.2, 0.25) is 11.8 Å². The molecule has 1 saturated heterocycles. The first-order chi connectivity index (χ1) is 13.4. The van der Waals surface area contributed by atoms with Gasteiger partial charge in [-0.2, -0.15) is 0 Å². The number of aryl methyl sites for hydroxylation is 2. The van der Waals surface area contributed by atoms with Crippen LogP contribution in [0.1, 0.15) is 17.5 Å². The average Bonchev–Trinajstić information content (AvgIpc) is 3.03. The van der Waals surface area contributed by atoms with E-state index >= 15 is 0 Å². The van der Waals surface area contributed by atoms with Gasteiger partial charge in [0.1, 0.15) is 5.75 Å². The maximum absolute atomic E-state index is 12.7. The number of fused-ring (bicyclic) bond motifs is 1. The molecule has 0 aromatic heterocycles. The van der Waals surface area contributed by atoms with Crippen molar-refractivity contribution in [1.82, 2.24) is 0 Å². The quantitative estimate of drug-likeness (QED) is 0.858. The minimum absolute atomic E-state index is 0.0492. The van der Waals surface area contributed by atoms with Crippen molar-refractivity contribution in [2.45, 2.75) is 20.3 Å². The molecule has 7 nitrogen and oxygen atoms in total. The molecule has 2 N–H and O–H groups in total. The Hall–Kier alpha value is -3.35. The van der Waals surface area contributed by atoms with Gasteiger partial charge in [-0.05, 0) is 37.6 Å². The monoisotopic (exact) mass is 379 g/mol. The van der Waals surface area contributed by atoms with Gasteiger partial charge >= 0.3 is 0 Å². The van der Waals surface area contributed by atoms with Gasteiger partial charge in [-0.3, -0.25) is 14.4 Å². The molecular formula is C21H21N3O4. The smallest absolute Gasteiger partial charge is 0.262 e. The fourth-order valence-electron chi connectivity index (χ4n) is 3.62. The van der Waals surface area contributed by atoms with Crippen LogP contribution >= 0.6 is 0 Å². The van der Waals surface area contributed by atoms with E-state index in [0.29, 0.717) is 23.7 Å². The Morgan fingerprint density at radius 3 is 2.79 bits per heavy atom. The Morgan fingerprint density at radius 2 is 2.00 bits per heavy atom. The molecule has 1 atom stereocenters. The highest BCUT2D eigenvalue weighted by Gasteiger charge is 2.35. The summed E-state index contributed by atoms with van der Waals surface area (Å²) in [5.41, 5.74) is 4.14. The Bertz CT molecular complexity index is 986. The number of nitrogens with one attached hydrogen (secondary N) is 2. The summed E-state index contributed by atoms with van der Waals surface area (Å²) in [6.45, 7) is 4.28. The number of hydrogen-bond acceptors (Lipinski definition) is 4. The molecule has 3 amide bonds. The van der Waals surface area contributed by atoms with Crippen molar-refractivity contribution < 1.29 is 19.1 Å².